The van der Waals surface area contributed by atoms with E-state index in [1.54, 1.807) is 30.3 Å². The van der Waals surface area contributed by atoms with Gasteiger partial charge in [0, 0.05) is 17.9 Å². The highest BCUT2D eigenvalue weighted by Crippen LogP contribution is 2.31. The lowest BCUT2D eigenvalue weighted by Gasteiger charge is -2.17. The Labute approximate surface area is 143 Å². The monoisotopic (exact) mass is 344 g/mol. The maximum Gasteiger partial charge on any atom is 0.248 e. The zero-order chi connectivity index (χ0) is 17.1. The number of amides is 2. The van der Waals surface area contributed by atoms with E-state index in [1.165, 1.54) is 22.7 Å². The predicted molar refractivity (Wildman–Crippen MR) is 93.4 cm³/mol. The summed E-state index contributed by atoms with van der Waals surface area (Å²) in [5, 5.41) is -0.180. The summed E-state index contributed by atoms with van der Waals surface area (Å²) < 4.78 is 13.9. The molecule has 4 nitrogen and oxygen atoms in total. The smallest absolute Gasteiger partial charge is 0.248 e. The lowest BCUT2D eigenvalue weighted by atomic mass is 10.1. The molecule has 1 saturated heterocycles. The van der Waals surface area contributed by atoms with Crippen molar-refractivity contribution in [2.24, 2.45) is 5.73 Å². The van der Waals surface area contributed by atoms with Crippen LogP contribution in [0.2, 0.25) is 0 Å². The van der Waals surface area contributed by atoms with Crippen molar-refractivity contribution >= 4 is 29.3 Å². The summed E-state index contributed by atoms with van der Waals surface area (Å²) in [4.78, 5) is 25.1. The van der Waals surface area contributed by atoms with Gasteiger partial charge in [-0.1, -0.05) is 24.3 Å². The van der Waals surface area contributed by atoms with E-state index in [2.05, 4.69) is 0 Å². The van der Waals surface area contributed by atoms with Crippen LogP contribution in [0.3, 0.4) is 0 Å². The molecule has 124 valence electrons. The zero-order valence-corrected chi connectivity index (χ0v) is 13.8. The van der Waals surface area contributed by atoms with Crippen LogP contribution in [-0.4, -0.2) is 23.6 Å². The van der Waals surface area contributed by atoms with Crippen LogP contribution in [0, 0.1) is 5.82 Å². The fraction of sp³-hybridized carbons (Fsp3) is 0.222. The molecular formula is C18H17FN2O2S. The Hall–Kier alpha value is -2.34. The summed E-state index contributed by atoms with van der Waals surface area (Å²) in [6.07, 6.45) is 0.692. The van der Waals surface area contributed by atoms with Crippen molar-refractivity contribution in [3.63, 3.8) is 0 Å². The topological polar surface area (TPSA) is 63.4 Å². The number of halogens is 1. The van der Waals surface area contributed by atoms with Gasteiger partial charge >= 0.3 is 0 Å². The zero-order valence-electron chi connectivity index (χ0n) is 12.9. The molecule has 0 saturated carbocycles. The number of primary amides is 1. The molecule has 1 aliphatic rings. The molecule has 2 aromatic carbocycles. The first kappa shape index (κ1) is 16.5. The van der Waals surface area contributed by atoms with Crippen LogP contribution < -0.4 is 10.6 Å². The van der Waals surface area contributed by atoms with E-state index >= 15 is 0 Å². The summed E-state index contributed by atoms with van der Waals surface area (Å²) in [6, 6.07) is 13.4. The second kappa shape index (κ2) is 7.05. The maximum atomic E-state index is 13.9. The van der Waals surface area contributed by atoms with Crippen molar-refractivity contribution in [2.45, 2.75) is 17.4 Å². The van der Waals surface area contributed by atoms with Gasteiger partial charge in [-0.15, -0.1) is 11.8 Å². The summed E-state index contributed by atoms with van der Waals surface area (Å²) in [6.45, 7) is 0.526. The standard InChI is InChI=1S/C18H17FN2O2S/c19-14-3-1-2-4-15(14)21-10-9-16(18(21)23)24-11-12-5-7-13(8-6-12)17(20)22/h1-8,16H,9-11H2,(H2,20,22)/t16-/m0/s1. The Morgan fingerprint density at radius 2 is 1.92 bits per heavy atom. The number of thioether (sulfide) groups is 1. The SMILES string of the molecule is NC(=O)c1ccc(CS[C@H]2CCN(c3ccccc3F)C2=O)cc1. The molecule has 3 rings (SSSR count). The second-order valence-corrected chi connectivity index (χ2v) is 6.78. The van der Waals surface area contributed by atoms with Gasteiger partial charge in [0.25, 0.3) is 0 Å². The van der Waals surface area contributed by atoms with E-state index in [9.17, 15) is 14.0 Å². The third-order valence-corrected chi connectivity index (χ3v) is 5.33. The first-order chi connectivity index (χ1) is 11.6. The fourth-order valence-corrected chi connectivity index (χ4v) is 3.81. The van der Waals surface area contributed by atoms with Gasteiger partial charge in [-0.25, -0.2) is 4.39 Å². The number of carbonyl (C=O) groups excluding carboxylic acids is 2. The number of hydrogen-bond acceptors (Lipinski definition) is 3. The Balaban J connectivity index is 1.62. The molecule has 2 amide bonds. The molecule has 24 heavy (non-hydrogen) atoms. The first-order valence-electron chi connectivity index (χ1n) is 7.62. The minimum atomic E-state index is -0.458. The molecular weight excluding hydrogens is 327 g/mol. The van der Waals surface area contributed by atoms with E-state index in [4.69, 9.17) is 5.73 Å². The molecule has 1 heterocycles. The van der Waals surface area contributed by atoms with E-state index in [-0.39, 0.29) is 17.0 Å². The number of benzene rings is 2. The Morgan fingerprint density at radius 1 is 1.21 bits per heavy atom. The molecule has 6 heteroatoms. The Kier molecular flexibility index (Phi) is 4.85. The summed E-state index contributed by atoms with van der Waals surface area (Å²) >= 11 is 1.53. The van der Waals surface area contributed by atoms with Crippen molar-refractivity contribution in [1.29, 1.82) is 0 Å². The number of nitrogens with zero attached hydrogens (tertiary/aromatic N) is 1. The number of carbonyl (C=O) groups is 2. The van der Waals surface area contributed by atoms with E-state index in [0.717, 1.165) is 5.56 Å². The van der Waals surface area contributed by atoms with Gasteiger partial charge in [0.15, 0.2) is 0 Å². The van der Waals surface area contributed by atoms with Crippen LogP contribution in [0.15, 0.2) is 48.5 Å². The van der Waals surface area contributed by atoms with Crippen LogP contribution in [0.25, 0.3) is 0 Å². The molecule has 0 aromatic heterocycles. The molecule has 2 N–H and O–H groups in total. The lowest BCUT2D eigenvalue weighted by Crippen LogP contribution is -2.28. The van der Waals surface area contributed by atoms with Crippen molar-refractivity contribution in [3.05, 3.63) is 65.5 Å². The molecule has 0 bridgehead atoms. The molecule has 0 unspecified atom stereocenters. The Morgan fingerprint density at radius 3 is 2.58 bits per heavy atom. The fourth-order valence-electron chi connectivity index (χ4n) is 2.68. The summed E-state index contributed by atoms with van der Waals surface area (Å²) in [5.41, 5.74) is 7.04. The minimum Gasteiger partial charge on any atom is -0.366 e. The van der Waals surface area contributed by atoms with Crippen LogP contribution in [-0.2, 0) is 10.5 Å². The normalized spacial score (nSPS) is 17.3. The van der Waals surface area contributed by atoms with Gasteiger partial charge in [0.1, 0.15) is 5.82 Å². The van der Waals surface area contributed by atoms with Gasteiger partial charge < -0.3 is 10.6 Å². The van der Waals surface area contributed by atoms with Crippen LogP contribution in [0.5, 0.6) is 0 Å². The van der Waals surface area contributed by atoms with Gasteiger partial charge in [-0.2, -0.15) is 0 Å². The van der Waals surface area contributed by atoms with Gasteiger partial charge in [0.05, 0.1) is 10.9 Å². The molecule has 1 atom stereocenters. The van der Waals surface area contributed by atoms with Crippen LogP contribution in [0.1, 0.15) is 22.3 Å². The van der Waals surface area contributed by atoms with Crippen molar-refractivity contribution in [1.82, 2.24) is 0 Å². The number of para-hydroxylation sites is 1. The first-order valence-corrected chi connectivity index (χ1v) is 8.67. The predicted octanol–water partition coefficient (Wildman–Crippen LogP) is 2.96. The van der Waals surface area contributed by atoms with E-state index in [1.807, 2.05) is 12.1 Å². The summed E-state index contributed by atoms with van der Waals surface area (Å²) in [5.74, 6) is -0.237. The van der Waals surface area contributed by atoms with Gasteiger partial charge in [0.2, 0.25) is 11.8 Å². The maximum absolute atomic E-state index is 13.9. The average Bonchev–Trinajstić information content (AvgIpc) is 2.94. The Bertz CT molecular complexity index is 764. The summed E-state index contributed by atoms with van der Waals surface area (Å²) in [7, 11) is 0. The van der Waals surface area contributed by atoms with E-state index in [0.29, 0.717) is 30.0 Å². The van der Waals surface area contributed by atoms with Crippen LogP contribution in [0.4, 0.5) is 10.1 Å². The molecule has 0 spiro atoms. The number of anilines is 1. The average molecular weight is 344 g/mol. The van der Waals surface area contributed by atoms with Crippen molar-refractivity contribution in [2.75, 3.05) is 11.4 Å². The molecule has 1 aliphatic heterocycles. The van der Waals surface area contributed by atoms with Crippen LogP contribution >= 0.6 is 11.8 Å². The largest absolute Gasteiger partial charge is 0.366 e. The second-order valence-electron chi connectivity index (χ2n) is 5.59. The minimum absolute atomic E-state index is 0.0566. The highest BCUT2D eigenvalue weighted by Gasteiger charge is 2.33. The van der Waals surface area contributed by atoms with Crippen molar-refractivity contribution < 1.29 is 14.0 Å². The van der Waals surface area contributed by atoms with E-state index < -0.39 is 5.91 Å². The van der Waals surface area contributed by atoms with Gasteiger partial charge in [-0.3, -0.25) is 9.59 Å². The van der Waals surface area contributed by atoms with Crippen molar-refractivity contribution in [3.8, 4) is 0 Å². The molecule has 0 aliphatic carbocycles. The third kappa shape index (κ3) is 3.43. The molecule has 2 aromatic rings. The molecule has 1 fully saturated rings. The highest BCUT2D eigenvalue weighted by atomic mass is 32.2. The van der Waals surface area contributed by atoms with Gasteiger partial charge in [-0.05, 0) is 36.2 Å². The number of rotatable bonds is 5. The molecule has 0 radical (unpaired) electrons. The highest BCUT2D eigenvalue weighted by molar-refractivity contribution is 7.99. The number of nitrogens with two attached hydrogens (primary N) is 1. The lowest BCUT2D eigenvalue weighted by molar-refractivity contribution is -0.116. The number of hydrogen-bond donors (Lipinski definition) is 1. The third-order valence-electron chi connectivity index (χ3n) is 3.99. The quantitative estimate of drug-likeness (QED) is 0.907.